The van der Waals surface area contributed by atoms with E-state index in [1.165, 1.54) is 36.4 Å². The summed E-state index contributed by atoms with van der Waals surface area (Å²) in [5.41, 5.74) is 8.74. The highest BCUT2D eigenvalue weighted by molar-refractivity contribution is 6.30. The Balaban J connectivity index is 0.00000500. The number of nitrogens with one attached hydrogen (secondary N) is 2. The van der Waals surface area contributed by atoms with Crippen LogP contribution in [0, 0.1) is 10.1 Å². The van der Waals surface area contributed by atoms with Crippen LogP contribution in [0.1, 0.15) is 27.2 Å². The number of halogens is 2. The summed E-state index contributed by atoms with van der Waals surface area (Å²) in [6, 6.07) is 28.5. The molecule has 0 bridgehead atoms. The van der Waals surface area contributed by atoms with Crippen LogP contribution in [0.5, 0.6) is 0 Å². The zero-order valence-corrected chi connectivity index (χ0v) is 26.2. The molecule has 0 aliphatic heterocycles. The summed E-state index contributed by atoms with van der Waals surface area (Å²) < 4.78 is 5.75. The van der Waals surface area contributed by atoms with E-state index in [1.807, 2.05) is 0 Å². The summed E-state index contributed by atoms with van der Waals surface area (Å²) in [4.78, 5) is 49.7. The molecule has 47 heavy (non-hydrogen) atoms. The number of non-ortho nitro benzene ring substituents is 1. The van der Waals surface area contributed by atoms with E-state index in [0.717, 1.165) is 5.56 Å². The van der Waals surface area contributed by atoms with Crippen LogP contribution in [0.15, 0.2) is 120 Å². The van der Waals surface area contributed by atoms with Crippen LogP contribution in [-0.2, 0) is 16.0 Å². The van der Waals surface area contributed by atoms with Gasteiger partial charge in [0.25, 0.3) is 5.69 Å². The number of amides is 2. The van der Waals surface area contributed by atoms with Crippen LogP contribution < -0.4 is 16.4 Å². The van der Waals surface area contributed by atoms with E-state index < -0.39 is 22.8 Å². The number of rotatable bonds is 11. The molecule has 238 valence electrons. The van der Waals surface area contributed by atoms with Crippen molar-refractivity contribution in [3.63, 3.8) is 0 Å². The highest BCUT2D eigenvalue weighted by Crippen LogP contribution is 2.26. The van der Waals surface area contributed by atoms with Gasteiger partial charge in [0, 0.05) is 45.6 Å². The van der Waals surface area contributed by atoms with Crippen LogP contribution >= 0.6 is 24.0 Å². The molecule has 1 heterocycles. The molecule has 0 unspecified atom stereocenters. The summed E-state index contributed by atoms with van der Waals surface area (Å²) >= 11 is 5.95. The second-order valence-corrected chi connectivity index (χ2v) is 10.6. The van der Waals surface area contributed by atoms with Gasteiger partial charge in [-0.1, -0.05) is 54.1 Å². The largest absolute Gasteiger partial charge is 0.457 e. The number of nitro groups is 1. The maximum absolute atomic E-state index is 13.5. The van der Waals surface area contributed by atoms with E-state index in [4.69, 9.17) is 21.8 Å². The van der Waals surface area contributed by atoms with Gasteiger partial charge in [-0.25, -0.2) is 0 Å². The first kappa shape index (κ1) is 34.3. The highest BCUT2D eigenvalue weighted by atomic mass is 35.5. The van der Waals surface area contributed by atoms with Crippen molar-refractivity contribution in [2.24, 2.45) is 5.73 Å². The monoisotopic (exact) mass is 670 g/mol. The first-order valence-corrected chi connectivity index (χ1v) is 14.4. The Morgan fingerprint density at radius 3 is 2.28 bits per heavy atom. The van der Waals surface area contributed by atoms with Gasteiger partial charge >= 0.3 is 0 Å². The quantitative estimate of drug-likeness (QED) is 0.0575. The molecular formula is C35H28Cl2N4O6. The van der Waals surface area contributed by atoms with Crippen LogP contribution in [-0.4, -0.2) is 28.6 Å². The van der Waals surface area contributed by atoms with Gasteiger partial charge < -0.3 is 20.8 Å². The zero-order chi connectivity index (χ0) is 32.6. The van der Waals surface area contributed by atoms with Crippen LogP contribution in [0.4, 0.5) is 17.1 Å². The molecule has 0 fully saturated rings. The van der Waals surface area contributed by atoms with Crippen LogP contribution in [0.25, 0.3) is 17.4 Å². The minimum Gasteiger partial charge on any atom is -0.457 e. The van der Waals surface area contributed by atoms with E-state index in [2.05, 4.69) is 10.6 Å². The highest BCUT2D eigenvalue weighted by Gasteiger charge is 2.20. The summed E-state index contributed by atoms with van der Waals surface area (Å²) in [6.07, 6.45) is 3.00. The molecule has 1 aromatic heterocycles. The number of anilines is 2. The fourth-order valence-electron chi connectivity index (χ4n) is 4.54. The van der Waals surface area contributed by atoms with E-state index in [9.17, 15) is 24.5 Å². The average Bonchev–Trinajstić information content (AvgIpc) is 3.55. The molecule has 4 N–H and O–H groups in total. The van der Waals surface area contributed by atoms with Gasteiger partial charge in [-0.15, -0.1) is 12.4 Å². The third kappa shape index (κ3) is 9.01. The number of hydrogen-bond acceptors (Lipinski definition) is 7. The molecule has 0 aliphatic carbocycles. The second kappa shape index (κ2) is 15.6. The van der Waals surface area contributed by atoms with Gasteiger partial charge in [-0.05, 0) is 72.7 Å². The minimum absolute atomic E-state index is 0. The molecule has 5 aromatic rings. The Labute approximate surface area is 280 Å². The number of nitrogens with zero attached hydrogens (tertiary/aromatic N) is 1. The summed E-state index contributed by atoms with van der Waals surface area (Å²) in [5, 5.41) is 16.9. The number of ketones is 1. The topological polar surface area (TPSA) is 158 Å². The Hall–Kier alpha value is -5.55. The van der Waals surface area contributed by atoms with Crippen molar-refractivity contribution >= 4 is 64.7 Å². The number of furan rings is 1. The minimum atomic E-state index is -0.895. The molecule has 2 amide bonds. The third-order valence-electron chi connectivity index (χ3n) is 6.92. The fourth-order valence-corrected chi connectivity index (χ4v) is 4.67. The predicted octanol–water partition coefficient (Wildman–Crippen LogP) is 7.32. The first-order valence-electron chi connectivity index (χ1n) is 14.0. The SMILES string of the molecule is Cl.N[C@@H](Cc1ccc(Cl)cc1)C(=O)Nc1ccc(NC(=O)/C=C/c2ccc(-c3ccc([N+](=O)[O-])cc3)o2)cc1C(=O)c1ccccc1. The molecule has 5 rings (SSSR count). The van der Waals surface area contributed by atoms with Gasteiger partial charge in [-0.3, -0.25) is 24.5 Å². The first-order chi connectivity index (χ1) is 22.2. The molecular weight excluding hydrogens is 643 g/mol. The van der Waals surface area contributed by atoms with Gasteiger partial charge in [0.1, 0.15) is 11.5 Å². The molecule has 12 heteroatoms. The van der Waals surface area contributed by atoms with E-state index in [0.29, 0.717) is 33.4 Å². The van der Waals surface area contributed by atoms with Crippen molar-refractivity contribution in [1.82, 2.24) is 0 Å². The molecule has 0 spiro atoms. The second-order valence-electron chi connectivity index (χ2n) is 10.2. The van der Waals surface area contributed by atoms with Gasteiger partial charge in [0.15, 0.2) is 5.78 Å². The number of nitrogens with two attached hydrogens (primary N) is 1. The predicted molar refractivity (Wildman–Crippen MR) is 184 cm³/mol. The number of nitro benzene ring substituents is 1. The average molecular weight is 672 g/mol. The zero-order valence-electron chi connectivity index (χ0n) is 24.6. The van der Waals surface area contributed by atoms with Crippen LogP contribution in [0.2, 0.25) is 5.02 Å². The summed E-state index contributed by atoms with van der Waals surface area (Å²) in [5.74, 6) is -0.472. The van der Waals surface area contributed by atoms with Crippen molar-refractivity contribution in [1.29, 1.82) is 0 Å². The molecule has 0 saturated heterocycles. The van der Waals surface area contributed by atoms with Crippen molar-refractivity contribution in [3.8, 4) is 11.3 Å². The van der Waals surface area contributed by atoms with Crippen LogP contribution in [0.3, 0.4) is 0 Å². The smallest absolute Gasteiger partial charge is 0.269 e. The molecule has 4 aromatic carbocycles. The molecule has 0 aliphatic rings. The molecule has 0 radical (unpaired) electrons. The molecule has 0 saturated carbocycles. The summed E-state index contributed by atoms with van der Waals surface area (Å²) in [7, 11) is 0. The lowest BCUT2D eigenvalue weighted by molar-refractivity contribution is -0.384. The van der Waals surface area contributed by atoms with E-state index >= 15 is 0 Å². The normalized spacial score (nSPS) is 11.4. The Kier molecular flexibility index (Phi) is 11.4. The maximum atomic E-state index is 13.5. The number of carbonyl (C=O) groups is 3. The number of carbonyl (C=O) groups excluding carboxylic acids is 3. The number of hydrogen-bond donors (Lipinski definition) is 3. The van der Waals surface area contributed by atoms with Gasteiger partial charge in [0.05, 0.1) is 16.7 Å². The van der Waals surface area contributed by atoms with E-state index in [1.54, 1.807) is 84.9 Å². The maximum Gasteiger partial charge on any atom is 0.269 e. The lowest BCUT2D eigenvalue weighted by Gasteiger charge is -2.16. The van der Waals surface area contributed by atoms with Crippen molar-refractivity contribution in [3.05, 3.63) is 153 Å². The van der Waals surface area contributed by atoms with Crippen molar-refractivity contribution in [2.45, 2.75) is 12.5 Å². The lowest BCUT2D eigenvalue weighted by Crippen LogP contribution is -2.37. The molecule has 10 nitrogen and oxygen atoms in total. The Bertz CT molecular complexity index is 1920. The summed E-state index contributed by atoms with van der Waals surface area (Å²) in [6.45, 7) is 0. The molecule has 1 atom stereocenters. The van der Waals surface area contributed by atoms with E-state index in [-0.39, 0.29) is 41.5 Å². The number of benzene rings is 4. The fraction of sp³-hybridized carbons (Fsp3) is 0.0571. The van der Waals surface area contributed by atoms with Gasteiger partial charge in [-0.2, -0.15) is 0 Å². The van der Waals surface area contributed by atoms with Crippen molar-refractivity contribution < 1.29 is 23.7 Å². The standard InChI is InChI=1S/C35H27ClN4O6.ClH/c36-25-10-6-22(7-11-25)20-30(37)35(43)39-31-17-12-26(21-29(31)34(42)24-4-2-1-3-5-24)38-33(41)19-16-28-15-18-32(46-28)23-8-13-27(14-9-23)40(44)45;/h1-19,21,30H,20,37H2,(H,38,41)(H,39,43);1H/b19-16+;/t30-;/m0./s1. The van der Waals surface area contributed by atoms with Gasteiger partial charge in [0.2, 0.25) is 11.8 Å². The third-order valence-corrected chi connectivity index (χ3v) is 7.17. The Morgan fingerprint density at radius 2 is 1.60 bits per heavy atom. The van der Waals surface area contributed by atoms with Crippen molar-refractivity contribution in [2.75, 3.05) is 10.6 Å². The lowest BCUT2D eigenvalue weighted by atomic mass is 10.00. The Morgan fingerprint density at radius 1 is 0.894 bits per heavy atom.